The molecule has 0 amide bonds. The van der Waals surface area contributed by atoms with Crippen LogP contribution in [0.1, 0.15) is 26.3 Å². The Hall–Kier alpha value is -0.730. The summed E-state index contributed by atoms with van der Waals surface area (Å²) < 4.78 is 0. The van der Waals surface area contributed by atoms with Crippen LogP contribution in [0, 0.1) is 0 Å². The minimum atomic E-state index is -0.0652. The van der Waals surface area contributed by atoms with Gasteiger partial charge in [0.05, 0.1) is 16.3 Å². The minimum Gasteiger partial charge on any atom is -0.305 e. The molecular formula is C11H14Cl2N2. The van der Waals surface area contributed by atoms with Gasteiger partial charge < -0.3 is 5.43 Å². The van der Waals surface area contributed by atoms with E-state index in [1.807, 2.05) is 20.8 Å². The third kappa shape index (κ3) is 4.10. The van der Waals surface area contributed by atoms with E-state index in [0.29, 0.717) is 10.0 Å². The number of hydrogen-bond donors (Lipinski definition) is 1. The molecule has 0 saturated heterocycles. The normalized spacial score (nSPS) is 12.1. The number of halogens is 2. The van der Waals surface area contributed by atoms with Crippen molar-refractivity contribution in [3.8, 4) is 0 Å². The smallest absolute Gasteiger partial charge is 0.0570 e. The van der Waals surface area contributed by atoms with Gasteiger partial charge >= 0.3 is 0 Å². The van der Waals surface area contributed by atoms with Gasteiger partial charge in [0.15, 0.2) is 0 Å². The van der Waals surface area contributed by atoms with Crippen LogP contribution in [-0.2, 0) is 0 Å². The van der Waals surface area contributed by atoms with Gasteiger partial charge in [0.25, 0.3) is 0 Å². The summed E-state index contributed by atoms with van der Waals surface area (Å²) in [5.41, 5.74) is 3.65. The fourth-order valence-corrected chi connectivity index (χ4v) is 1.42. The largest absolute Gasteiger partial charge is 0.305 e. The van der Waals surface area contributed by atoms with Crippen molar-refractivity contribution in [2.45, 2.75) is 26.3 Å². The van der Waals surface area contributed by atoms with Gasteiger partial charge in [0.1, 0.15) is 0 Å². The van der Waals surface area contributed by atoms with Crippen LogP contribution in [0.15, 0.2) is 23.3 Å². The standard InChI is InChI=1S/C11H14Cl2N2/c1-11(2,3)15-14-7-8-9(12)5-4-6-10(8)13/h4-7,15H,1-3H3/b14-7-. The van der Waals surface area contributed by atoms with Gasteiger partial charge in [0, 0.05) is 11.1 Å². The molecule has 0 atom stereocenters. The maximum atomic E-state index is 5.98. The van der Waals surface area contributed by atoms with E-state index in [2.05, 4.69) is 10.5 Å². The molecule has 1 aromatic rings. The second kappa shape index (κ2) is 4.86. The summed E-state index contributed by atoms with van der Waals surface area (Å²) >= 11 is 12.0. The molecule has 0 radical (unpaired) electrons. The van der Waals surface area contributed by atoms with Gasteiger partial charge in [0.2, 0.25) is 0 Å². The molecule has 0 saturated carbocycles. The fourth-order valence-electron chi connectivity index (χ4n) is 0.925. The van der Waals surface area contributed by atoms with Crippen molar-refractivity contribution in [3.63, 3.8) is 0 Å². The molecule has 0 spiro atoms. The summed E-state index contributed by atoms with van der Waals surface area (Å²) in [6, 6.07) is 5.37. The molecule has 0 bridgehead atoms. The van der Waals surface area contributed by atoms with Crippen LogP contribution >= 0.6 is 23.2 Å². The molecule has 1 N–H and O–H groups in total. The van der Waals surface area contributed by atoms with Crippen molar-refractivity contribution in [3.05, 3.63) is 33.8 Å². The van der Waals surface area contributed by atoms with Crippen molar-refractivity contribution >= 4 is 29.4 Å². The highest BCUT2D eigenvalue weighted by Gasteiger charge is 2.06. The Kier molecular flexibility index (Phi) is 4.00. The van der Waals surface area contributed by atoms with Crippen molar-refractivity contribution in [1.29, 1.82) is 0 Å². The summed E-state index contributed by atoms with van der Waals surface area (Å²) in [5, 5.41) is 5.29. The molecule has 2 nitrogen and oxygen atoms in total. The molecular weight excluding hydrogens is 231 g/mol. The van der Waals surface area contributed by atoms with Gasteiger partial charge in [-0.2, -0.15) is 5.10 Å². The molecule has 4 heteroatoms. The van der Waals surface area contributed by atoms with Crippen LogP contribution in [0.5, 0.6) is 0 Å². The van der Waals surface area contributed by atoms with E-state index in [-0.39, 0.29) is 5.54 Å². The highest BCUT2D eigenvalue weighted by atomic mass is 35.5. The first-order valence-electron chi connectivity index (χ1n) is 4.64. The van der Waals surface area contributed by atoms with Gasteiger partial charge in [-0.25, -0.2) is 0 Å². The van der Waals surface area contributed by atoms with Gasteiger partial charge in [-0.15, -0.1) is 0 Å². The van der Waals surface area contributed by atoms with E-state index >= 15 is 0 Å². The van der Waals surface area contributed by atoms with E-state index in [9.17, 15) is 0 Å². The number of benzene rings is 1. The number of rotatable bonds is 2. The molecule has 0 aliphatic rings. The van der Waals surface area contributed by atoms with E-state index in [1.165, 1.54) is 0 Å². The minimum absolute atomic E-state index is 0.0652. The zero-order valence-corrected chi connectivity index (χ0v) is 10.5. The average molecular weight is 245 g/mol. The second-order valence-corrected chi connectivity index (χ2v) is 5.07. The van der Waals surface area contributed by atoms with E-state index in [0.717, 1.165) is 5.56 Å². The summed E-state index contributed by atoms with van der Waals surface area (Å²) in [7, 11) is 0. The Morgan fingerprint density at radius 2 is 1.73 bits per heavy atom. The first-order chi connectivity index (χ1) is 6.90. The molecule has 0 fully saturated rings. The molecule has 15 heavy (non-hydrogen) atoms. The van der Waals surface area contributed by atoms with Gasteiger partial charge in [-0.1, -0.05) is 29.3 Å². The summed E-state index contributed by atoms with van der Waals surface area (Å²) in [4.78, 5) is 0. The maximum absolute atomic E-state index is 5.98. The average Bonchev–Trinajstić information content (AvgIpc) is 2.08. The molecule has 1 aromatic carbocycles. The number of nitrogens with zero attached hydrogens (tertiary/aromatic N) is 1. The van der Waals surface area contributed by atoms with Gasteiger partial charge in [-0.3, -0.25) is 0 Å². The van der Waals surface area contributed by atoms with Gasteiger partial charge in [-0.05, 0) is 32.9 Å². The first kappa shape index (κ1) is 12.3. The predicted molar refractivity (Wildman–Crippen MR) is 66.9 cm³/mol. The van der Waals surface area contributed by atoms with Crippen molar-refractivity contribution < 1.29 is 0 Å². The molecule has 0 aliphatic heterocycles. The topological polar surface area (TPSA) is 24.4 Å². The molecule has 0 heterocycles. The Labute approximate surface area is 100 Å². The van der Waals surface area contributed by atoms with Crippen LogP contribution in [0.2, 0.25) is 10.0 Å². The Balaban J connectivity index is 2.81. The quantitative estimate of drug-likeness (QED) is 0.623. The van der Waals surface area contributed by atoms with Crippen LogP contribution in [-0.4, -0.2) is 11.8 Å². The second-order valence-electron chi connectivity index (χ2n) is 4.26. The van der Waals surface area contributed by atoms with Crippen LogP contribution in [0.3, 0.4) is 0 Å². The number of hydrogen-bond acceptors (Lipinski definition) is 2. The van der Waals surface area contributed by atoms with Crippen LogP contribution < -0.4 is 5.43 Å². The number of nitrogens with one attached hydrogen (secondary N) is 1. The first-order valence-corrected chi connectivity index (χ1v) is 5.40. The monoisotopic (exact) mass is 244 g/mol. The third-order valence-electron chi connectivity index (χ3n) is 1.59. The van der Waals surface area contributed by atoms with E-state index < -0.39 is 0 Å². The molecule has 0 aliphatic carbocycles. The van der Waals surface area contributed by atoms with Crippen molar-refractivity contribution in [2.75, 3.05) is 0 Å². The Bertz CT molecular complexity index is 347. The third-order valence-corrected chi connectivity index (χ3v) is 2.25. The Morgan fingerprint density at radius 1 is 1.20 bits per heavy atom. The lowest BCUT2D eigenvalue weighted by molar-refractivity contribution is 0.442. The van der Waals surface area contributed by atoms with Crippen LogP contribution in [0.4, 0.5) is 0 Å². The maximum Gasteiger partial charge on any atom is 0.0570 e. The van der Waals surface area contributed by atoms with Crippen LogP contribution in [0.25, 0.3) is 0 Å². The van der Waals surface area contributed by atoms with Crippen molar-refractivity contribution in [1.82, 2.24) is 5.43 Å². The zero-order valence-electron chi connectivity index (χ0n) is 9.01. The number of hydrazone groups is 1. The molecule has 82 valence electrons. The lowest BCUT2D eigenvalue weighted by Gasteiger charge is -2.17. The summed E-state index contributed by atoms with van der Waals surface area (Å²) in [6.07, 6.45) is 1.63. The zero-order chi connectivity index (χ0) is 11.5. The Morgan fingerprint density at radius 3 is 2.20 bits per heavy atom. The SMILES string of the molecule is CC(C)(C)N/N=C\c1c(Cl)cccc1Cl. The van der Waals surface area contributed by atoms with Crippen molar-refractivity contribution in [2.24, 2.45) is 5.10 Å². The summed E-state index contributed by atoms with van der Waals surface area (Å²) in [6.45, 7) is 6.08. The van der Waals surface area contributed by atoms with E-state index in [1.54, 1.807) is 24.4 Å². The fraction of sp³-hybridized carbons (Fsp3) is 0.364. The molecule has 1 rings (SSSR count). The summed E-state index contributed by atoms with van der Waals surface area (Å²) in [5.74, 6) is 0. The van der Waals surface area contributed by atoms with E-state index in [4.69, 9.17) is 23.2 Å². The predicted octanol–water partition coefficient (Wildman–Crippen LogP) is 3.72. The highest BCUT2D eigenvalue weighted by molar-refractivity contribution is 6.38. The molecule has 0 unspecified atom stereocenters. The lowest BCUT2D eigenvalue weighted by atomic mass is 10.1. The lowest BCUT2D eigenvalue weighted by Crippen LogP contribution is -2.31. The molecule has 0 aromatic heterocycles. The highest BCUT2D eigenvalue weighted by Crippen LogP contribution is 2.22.